The van der Waals surface area contributed by atoms with Gasteiger partial charge in [-0.05, 0) is 33.6 Å². The molecule has 0 radical (unpaired) electrons. The smallest absolute Gasteiger partial charge is 0.0726 e. The standard InChI is InChI=1S/C11H21NO/c1-9(2)6-7-12-10(3)11-5-4-8-13-11/h6,10-12H,4-5,7-8H2,1-3H3. The Balaban J connectivity index is 2.16. The highest BCUT2D eigenvalue weighted by Crippen LogP contribution is 2.15. The zero-order valence-electron chi connectivity index (χ0n) is 8.97. The van der Waals surface area contributed by atoms with E-state index < -0.39 is 0 Å². The zero-order chi connectivity index (χ0) is 9.68. The van der Waals surface area contributed by atoms with E-state index in [0.29, 0.717) is 12.1 Å². The molecule has 0 amide bonds. The fraction of sp³-hybridized carbons (Fsp3) is 0.818. The molecule has 0 saturated carbocycles. The first-order chi connectivity index (χ1) is 6.20. The van der Waals surface area contributed by atoms with E-state index in [0.717, 1.165) is 13.2 Å². The molecule has 0 spiro atoms. The van der Waals surface area contributed by atoms with Crippen molar-refractivity contribution < 1.29 is 4.74 Å². The molecule has 2 heteroatoms. The van der Waals surface area contributed by atoms with Crippen LogP contribution in [0.25, 0.3) is 0 Å². The van der Waals surface area contributed by atoms with Crippen LogP contribution in [0.2, 0.25) is 0 Å². The molecule has 1 rings (SSSR count). The minimum Gasteiger partial charge on any atom is -0.377 e. The molecule has 0 aromatic rings. The summed E-state index contributed by atoms with van der Waals surface area (Å²) >= 11 is 0. The zero-order valence-corrected chi connectivity index (χ0v) is 8.97. The quantitative estimate of drug-likeness (QED) is 0.674. The number of hydrogen-bond acceptors (Lipinski definition) is 2. The molecule has 0 aromatic carbocycles. The Labute approximate surface area is 81.4 Å². The van der Waals surface area contributed by atoms with Crippen LogP contribution in [-0.2, 0) is 4.74 Å². The average molecular weight is 183 g/mol. The Morgan fingerprint density at radius 2 is 2.38 bits per heavy atom. The Bertz CT molecular complexity index is 167. The van der Waals surface area contributed by atoms with Crippen molar-refractivity contribution in [1.29, 1.82) is 0 Å². The monoisotopic (exact) mass is 183 g/mol. The van der Waals surface area contributed by atoms with Crippen LogP contribution in [-0.4, -0.2) is 25.3 Å². The normalized spacial score (nSPS) is 24.4. The molecular formula is C11H21NO. The van der Waals surface area contributed by atoms with Crippen molar-refractivity contribution in [1.82, 2.24) is 5.32 Å². The summed E-state index contributed by atoms with van der Waals surface area (Å²) in [6.45, 7) is 8.36. The minimum atomic E-state index is 0.436. The largest absolute Gasteiger partial charge is 0.377 e. The van der Waals surface area contributed by atoms with Gasteiger partial charge in [-0.2, -0.15) is 0 Å². The first-order valence-electron chi connectivity index (χ1n) is 5.18. The lowest BCUT2D eigenvalue weighted by Crippen LogP contribution is -2.36. The summed E-state index contributed by atoms with van der Waals surface area (Å²) in [6, 6.07) is 0.484. The van der Waals surface area contributed by atoms with E-state index in [-0.39, 0.29) is 0 Å². The third-order valence-corrected chi connectivity index (χ3v) is 2.47. The van der Waals surface area contributed by atoms with Gasteiger partial charge in [0.1, 0.15) is 0 Å². The Kier molecular flexibility index (Phi) is 4.46. The lowest BCUT2D eigenvalue weighted by atomic mass is 10.1. The van der Waals surface area contributed by atoms with Crippen LogP contribution in [0.5, 0.6) is 0 Å². The fourth-order valence-electron chi connectivity index (χ4n) is 1.58. The third-order valence-electron chi connectivity index (χ3n) is 2.47. The van der Waals surface area contributed by atoms with Gasteiger partial charge in [0.15, 0.2) is 0 Å². The topological polar surface area (TPSA) is 21.3 Å². The molecule has 1 heterocycles. The Morgan fingerprint density at radius 3 is 2.92 bits per heavy atom. The summed E-state index contributed by atoms with van der Waals surface area (Å²) in [5.74, 6) is 0. The molecule has 1 fully saturated rings. The average Bonchev–Trinajstić information content (AvgIpc) is 2.55. The molecule has 0 aliphatic carbocycles. The van der Waals surface area contributed by atoms with E-state index in [1.807, 2.05) is 0 Å². The summed E-state index contributed by atoms with van der Waals surface area (Å²) in [5, 5.41) is 3.45. The summed E-state index contributed by atoms with van der Waals surface area (Å²) in [4.78, 5) is 0. The van der Waals surface area contributed by atoms with Crippen molar-refractivity contribution in [2.45, 2.75) is 45.8 Å². The van der Waals surface area contributed by atoms with E-state index in [2.05, 4.69) is 32.2 Å². The Morgan fingerprint density at radius 1 is 1.62 bits per heavy atom. The summed E-state index contributed by atoms with van der Waals surface area (Å²) in [7, 11) is 0. The summed E-state index contributed by atoms with van der Waals surface area (Å²) in [6.07, 6.45) is 5.08. The van der Waals surface area contributed by atoms with Crippen LogP contribution < -0.4 is 5.32 Å². The van der Waals surface area contributed by atoms with Gasteiger partial charge in [-0.3, -0.25) is 0 Å². The van der Waals surface area contributed by atoms with E-state index >= 15 is 0 Å². The second kappa shape index (κ2) is 5.40. The van der Waals surface area contributed by atoms with E-state index in [9.17, 15) is 0 Å². The predicted molar refractivity (Wildman–Crippen MR) is 55.9 cm³/mol. The van der Waals surface area contributed by atoms with E-state index in [1.54, 1.807) is 0 Å². The molecule has 1 aliphatic heterocycles. The molecule has 1 N–H and O–H groups in total. The van der Waals surface area contributed by atoms with Crippen molar-refractivity contribution >= 4 is 0 Å². The highest BCUT2D eigenvalue weighted by Gasteiger charge is 2.21. The van der Waals surface area contributed by atoms with Gasteiger partial charge in [0.25, 0.3) is 0 Å². The third kappa shape index (κ3) is 3.92. The second-order valence-electron chi connectivity index (χ2n) is 4.03. The first-order valence-corrected chi connectivity index (χ1v) is 5.18. The molecule has 1 saturated heterocycles. The number of ether oxygens (including phenoxy) is 1. The van der Waals surface area contributed by atoms with Gasteiger partial charge in [-0.1, -0.05) is 11.6 Å². The molecule has 0 bridgehead atoms. The molecule has 1 aliphatic rings. The van der Waals surface area contributed by atoms with Crippen molar-refractivity contribution in [3.8, 4) is 0 Å². The number of allylic oxidation sites excluding steroid dienone is 1. The molecule has 2 nitrogen and oxygen atoms in total. The van der Waals surface area contributed by atoms with Gasteiger partial charge in [-0.25, -0.2) is 0 Å². The van der Waals surface area contributed by atoms with Gasteiger partial charge in [0.05, 0.1) is 6.10 Å². The maximum Gasteiger partial charge on any atom is 0.0726 e. The lowest BCUT2D eigenvalue weighted by molar-refractivity contribution is 0.0849. The lowest BCUT2D eigenvalue weighted by Gasteiger charge is -2.19. The van der Waals surface area contributed by atoms with Crippen LogP contribution in [0, 0.1) is 0 Å². The molecule has 76 valence electrons. The molecule has 2 atom stereocenters. The number of rotatable bonds is 4. The minimum absolute atomic E-state index is 0.436. The number of hydrogen-bond donors (Lipinski definition) is 1. The Hall–Kier alpha value is -0.340. The van der Waals surface area contributed by atoms with Crippen LogP contribution in [0.3, 0.4) is 0 Å². The van der Waals surface area contributed by atoms with Gasteiger partial charge >= 0.3 is 0 Å². The van der Waals surface area contributed by atoms with Crippen molar-refractivity contribution in [3.05, 3.63) is 11.6 Å². The second-order valence-corrected chi connectivity index (χ2v) is 4.03. The van der Waals surface area contributed by atoms with Crippen molar-refractivity contribution in [2.75, 3.05) is 13.2 Å². The van der Waals surface area contributed by atoms with Gasteiger partial charge in [0.2, 0.25) is 0 Å². The van der Waals surface area contributed by atoms with E-state index in [4.69, 9.17) is 4.74 Å². The summed E-state index contributed by atoms with van der Waals surface area (Å²) < 4.78 is 5.59. The van der Waals surface area contributed by atoms with E-state index in [1.165, 1.54) is 18.4 Å². The highest BCUT2D eigenvalue weighted by molar-refractivity contribution is 4.95. The van der Waals surface area contributed by atoms with Crippen LogP contribution in [0.1, 0.15) is 33.6 Å². The summed E-state index contributed by atoms with van der Waals surface area (Å²) in [5.41, 5.74) is 1.37. The maximum absolute atomic E-state index is 5.59. The highest BCUT2D eigenvalue weighted by atomic mass is 16.5. The van der Waals surface area contributed by atoms with Gasteiger partial charge in [-0.15, -0.1) is 0 Å². The molecule has 13 heavy (non-hydrogen) atoms. The van der Waals surface area contributed by atoms with Crippen molar-refractivity contribution in [3.63, 3.8) is 0 Å². The first kappa shape index (κ1) is 10.7. The van der Waals surface area contributed by atoms with Crippen LogP contribution >= 0.6 is 0 Å². The molecule has 2 unspecified atom stereocenters. The number of nitrogens with one attached hydrogen (secondary N) is 1. The maximum atomic E-state index is 5.59. The molecule has 0 aromatic heterocycles. The fourth-order valence-corrected chi connectivity index (χ4v) is 1.58. The predicted octanol–water partition coefficient (Wildman–Crippen LogP) is 2.11. The SMILES string of the molecule is CC(C)=CCNC(C)C1CCCO1. The van der Waals surface area contributed by atoms with Gasteiger partial charge < -0.3 is 10.1 Å². The van der Waals surface area contributed by atoms with Crippen LogP contribution in [0.15, 0.2) is 11.6 Å². The molecular weight excluding hydrogens is 162 g/mol. The van der Waals surface area contributed by atoms with Gasteiger partial charge in [0, 0.05) is 19.2 Å². The van der Waals surface area contributed by atoms with Crippen LogP contribution in [0.4, 0.5) is 0 Å². The van der Waals surface area contributed by atoms with Crippen molar-refractivity contribution in [2.24, 2.45) is 0 Å².